The van der Waals surface area contributed by atoms with E-state index in [0.29, 0.717) is 5.56 Å². The molecule has 0 aliphatic carbocycles. The van der Waals surface area contributed by atoms with E-state index in [9.17, 15) is 0 Å². The first-order valence-electron chi connectivity index (χ1n) is 13.7. The summed E-state index contributed by atoms with van der Waals surface area (Å²) in [5.41, 5.74) is 7.28. The fraction of sp³-hybridized carbons (Fsp3) is 0.206. The zero-order valence-electron chi connectivity index (χ0n) is 23.5. The number of hydrogen-bond donors (Lipinski definition) is 0. The van der Waals surface area contributed by atoms with Crippen molar-refractivity contribution in [1.29, 1.82) is 0 Å². The van der Waals surface area contributed by atoms with Crippen LogP contribution >= 0.6 is 0 Å². The Bertz CT molecular complexity index is 2060. The SMILES string of the molecule is [2H]C([2H])(c1cc[n+](C)c(-c2cc3c(ccc4c3c3cccc5c6ccccc6n4c53)cc2C)c1)C(C)(C)C. The lowest BCUT2D eigenvalue weighted by Crippen LogP contribution is -2.31. The van der Waals surface area contributed by atoms with Crippen molar-refractivity contribution in [2.45, 2.75) is 34.1 Å². The Hall–Kier alpha value is -3.91. The van der Waals surface area contributed by atoms with Gasteiger partial charge in [-0.05, 0) is 58.8 Å². The van der Waals surface area contributed by atoms with E-state index in [0.717, 1.165) is 11.3 Å². The standard InChI is InChI=1S/C34H31N2/c1-21-17-23-13-14-30-32(26-11-8-10-25-24-9-6-7-12-29(24)36(30)33(25)26)28(23)19-27(21)31-18-22(15-16-35(31)5)20-34(2,3)4/h6-19H,20H2,1-5H3/q+1/i20D2. The fourth-order valence-electron chi connectivity index (χ4n) is 6.04. The molecule has 2 heteroatoms. The number of para-hydroxylation sites is 2. The lowest BCUT2D eigenvalue weighted by Gasteiger charge is -2.18. The molecule has 0 atom stereocenters. The predicted octanol–water partition coefficient (Wildman–Crippen LogP) is 8.38. The highest BCUT2D eigenvalue weighted by Crippen LogP contribution is 2.42. The molecule has 4 aromatic carbocycles. The molecule has 3 aromatic heterocycles. The van der Waals surface area contributed by atoms with Crippen molar-refractivity contribution < 1.29 is 7.31 Å². The van der Waals surface area contributed by atoms with E-state index < -0.39 is 11.8 Å². The minimum absolute atomic E-state index is 0.516. The molecule has 0 saturated heterocycles. The monoisotopic (exact) mass is 469 g/mol. The summed E-state index contributed by atoms with van der Waals surface area (Å²) in [6.07, 6.45) is 0.536. The molecule has 0 aliphatic heterocycles. The summed E-state index contributed by atoms with van der Waals surface area (Å²) in [5.74, 6) is 0. The smallest absolute Gasteiger partial charge is 0.212 e. The number of aromatic nitrogens is 2. The molecule has 0 bridgehead atoms. The second-order valence-electron chi connectivity index (χ2n) is 11.2. The number of pyridine rings is 1. The summed E-state index contributed by atoms with van der Waals surface area (Å²) in [4.78, 5) is 0. The summed E-state index contributed by atoms with van der Waals surface area (Å²) in [6, 6.07) is 28.4. The molecule has 0 radical (unpaired) electrons. The van der Waals surface area contributed by atoms with Gasteiger partial charge in [0.1, 0.15) is 7.05 Å². The number of benzene rings is 4. The average Bonchev–Trinajstić information content (AvgIpc) is 3.40. The minimum atomic E-state index is -1.46. The van der Waals surface area contributed by atoms with Gasteiger partial charge in [-0.2, -0.15) is 0 Å². The molecule has 0 N–H and O–H groups in total. The Morgan fingerprint density at radius 2 is 1.58 bits per heavy atom. The first-order valence-corrected chi connectivity index (χ1v) is 12.7. The van der Waals surface area contributed by atoms with Crippen LogP contribution in [-0.4, -0.2) is 4.40 Å². The van der Waals surface area contributed by atoms with Gasteiger partial charge in [0.2, 0.25) is 5.69 Å². The van der Waals surface area contributed by atoms with Crippen molar-refractivity contribution in [3.8, 4) is 11.3 Å². The van der Waals surface area contributed by atoms with Crippen LogP contribution in [-0.2, 0) is 13.4 Å². The third kappa shape index (κ3) is 3.00. The first-order chi connectivity index (χ1) is 18.1. The van der Waals surface area contributed by atoms with Crippen LogP contribution in [0.4, 0.5) is 0 Å². The second kappa shape index (κ2) is 7.30. The van der Waals surface area contributed by atoms with Crippen molar-refractivity contribution in [2.24, 2.45) is 12.5 Å². The number of hydrogen-bond acceptors (Lipinski definition) is 0. The van der Waals surface area contributed by atoms with Gasteiger partial charge >= 0.3 is 0 Å². The molecule has 0 aliphatic rings. The zero-order valence-corrected chi connectivity index (χ0v) is 21.5. The van der Waals surface area contributed by atoms with Crippen molar-refractivity contribution >= 4 is 48.9 Å². The van der Waals surface area contributed by atoms with Gasteiger partial charge in [0.05, 0.1) is 16.6 Å². The van der Waals surface area contributed by atoms with Crippen molar-refractivity contribution in [2.75, 3.05) is 0 Å². The van der Waals surface area contributed by atoms with Gasteiger partial charge in [0, 0.05) is 42.0 Å². The molecule has 0 saturated carbocycles. The van der Waals surface area contributed by atoms with Crippen LogP contribution in [0.25, 0.3) is 60.1 Å². The van der Waals surface area contributed by atoms with E-state index in [1.165, 1.54) is 54.4 Å². The van der Waals surface area contributed by atoms with Gasteiger partial charge in [-0.3, -0.25) is 0 Å². The van der Waals surface area contributed by atoms with Gasteiger partial charge in [-0.25, -0.2) is 4.57 Å². The van der Waals surface area contributed by atoms with Crippen LogP contribution in [0, 0.1) is 12.3 Å². The highest BCUT2D eigenvalue weighted by atomic mass is 14.9. The lowest BCUT2D eigenvalue weighted by molar-refractivity contribution is -0.660. The highest BCUT2D eigenvalue weighted by Gasteiger charge is 2.21. The Balaban J connectivity index is 1.57. The Labute approximate surface area is 214 Å². The van der Waals surface area contributed by atoms with Gasteiger partial charge < -0.3 is 4.40 Å². The van der Waals surface area contributed by atoms with Crippen LogP contribution < -0.4 is 4.57 Å². The molecular weight excluding hydrogens is 436 g/mol. The zero-order chi connectivity index (χ0) is 26.6. The quantitative estimate of drug-likeness (QED) is 0.225. The summed E-state index contributed by atoms with van der Waals surface area (Å²) in [5, 5.41) is 7.58. The molecule has 0 spiro atoms. The largest absolute Gasteiger partial charge is 0.308 e. The van der Waals surface area contributed by atoms with E-state index in [1.54, 1.807) is 0 Å². The number of fused-ring (bicyclic) bond motifs is 8. The molecule has 0 fully saturated rings. The minimum Gasteiger partial charge on any atom is -0.308 e. The van der Waals surface area contributed by atoms with Crippen molar-refractivity contribution in [3.05, 3.63) is 96.2 Å². The highest BCUT2D eigenvalue weighted by molar-refractivity contribution is 6.28. The van der Waals surface area contributed by atoms with Crippen LogP contribution in [0.2, 0.25) is 0 Å². The number of rotatable bonds is 2. The van der Waals surface area contributed by atoms with E-state index in [2.05, 4.69) is 82.6 Å². The predicted molar refractivity (Wildman–Crippen MR) is 153 cm³/mol. The molecule has 176 valence electrons. The van der Waals surface area contributed by atoms with E-state index in [4.69, 9.17) is 2.74 Å². The molecule has 3 heterocycles. The van der Waals surface area contributed by atoms with Gasteiger partial charge in [0.25, 0.3) is 0 Å². The average molecular weight is 470 g/mol. The van der Waals surface area contributed by atoms with Crippen LogP contribution in [0.15, 0.2) is 85.1 Å². The molecule has 36 heavy (non-hydrogen) atoms. The Morgan fingerprint density at radius 3 is 2.42 bits per heavy atom. The van der Waals surface area contributed by atoms with Crippen LogP contribution in [0.5, 0.6) is 0 Å². The Morgan fingerprint density at radius 1 is 0.806 bits per heavy atom. The van der Waals surface area contributed by atoms with Crippen molar-refractivity contribution in [1.82, 2.24) is 4.40 Å². The summed E-state index contributed by atoms with van der Waals surface area (Å²) < 4.78 is 22.3. The Kier molecular flexibility index (Phi) is 3.91. The van der Waals surface area contributed by atoms with E-state index in [-0.39, 0.29) is 0 Å². The summed E-state index contributed by atoms with van der Waals surface area (Å²) in [6.45, 7) is 8.04. The van der Waals surface area contributed by atoms with Gasteiger partial charge in [0.15, 0.2) is 6.20 Å². The summed E-state index contributed by atoms with van der Waals surface area (Å²) in [7, 11) is 2.05. The fourth-order valence-corrected chi connectivity index (χ4v) is 6.04. The number of nitrogens with zero attached hydrogens (tertiary/aromatic N) is 2. The topological polar surface area (TPSA) is 8.29 Å². The third-order valence-corrected chi connectivity index (χ3v) is 7.49. The first kappa shape index (κ1) is 19.3. The third-order valence-electron chi connectivity index (χ3n) is 7.49. The maximum Gasteiger partial charge on any atom is 0.212 e. The van der Waals surface area contributed by atoms with Crippen molar-refractivity contribution in [3.63, 3.8) is 0 Å². The molecule has 0 amide bonds. The molecule has 7 rings (SSSR count). The molecule has 7 aromatic rings. The normalized spacial score (nSPS) is 13.9. The number of aryl methyl sites for hydroxylation is 2. The molecular formula is C34H31N2+. The van der Waals surface area contributed by atoms with E-state index in [1.807, 2.05) is 46.1 Å². The van der Waals surface area contributed by atoms with Gasteiger partial charge in [-0.1, -0.05) is 69.3 Å². The van der Waals surface area contributed by atoms with Crippen LogP contribution in [0.1, 0.15) is 34.6 Å². The maximum atomic E-state index is 8.87. The second-order valence-corrected chi connectivity index (χ2v) is 11.2. The summed E-state index contributed by atoms with van der Waals surface area (Å²) >= 11 is 0. The molecule has 0 unspecified atom stereocenters. The van der Waals surface area contributed by atoms with E-state index >= 15 is 0 Å². The van der Waals surface area contributed by atoms with Gasteiger partial charge in [-0.15, -0.1) is 0 Å². The lowest BCUT2D eigenvalue weighted by atomic mass is 9.87. The van der Waals surface area contributed by atoms with Crippen LogP contribution in [0.3, 0.4) is 0 Å². The maximum absolute atomic E-state index is 8.87. The molecule has 2 nitrogen and oxygen atoms in total.